The molecule has 4 rings (SSSR count). The number of carbonyl (C=O) groups excluding carboxylic acids is 3. The van der Waals surface area contributed by atoms with E-state index in [1.54, 1.807) is 19.2 Å². The van der Waals surface area contributed by atoms with Crippen molar-refractivity contribution in [3.63, 3.8) is 0 Å². The molecule has 0 saturated carbocycles. The Hall–Kier alpha value is -4.33. The van der Waals surface area contributed by atoms with Crippen LogP contribution in [0.1, 0.15) is 26.3 Å². The number of anilines is 2. The van der Waals surface area contributed by atoms with Gasteiger partial charge in [-0.2, -0.15) is 0 Å². The number of hydrogen-bond donors (Lipinski definition) is 1. The maximum absolute atomic E-state index is 12.9. The number of piperazine rings is 1. The molecule has 2 amide bonds. The van der Waals surface area contributed by atoms with Crippen LogP contribution in [-0.4, -0.2) is 63.1 Å². The number of ether oxygens (including phenoxy) is 2. The molecule has 3 aromatic carbocycles. The molecule has 0 aliphatic carbocycles. The van der Waals surface area contributed by atoms with Crippen molar-refractivity contribution in [3.05, 3.63) is 89.5 Å². The summed E-state index contributed by atoms with van der Waals surface area (Å²) in [6.07, 6.45) is 0.172. The molecule has 1 saturated heterocycles. The fraction of sp³-hybridized carbons (Fsp3) is 0.250. The van der Waals surface area contributed by atoms with Gasteiger partial charge in [0.1, 0.15) is 5.75 Å². The molecular weight excluding hydrogens is 458 g/mol. The van der Waals surface area contributed by atoms with Crippen molar-refractivity contribution in [2.24, 2.45) is 0 Å². The van der Waals surface area contributed by atoms with Crippen LogP contribution in [0.25, 0.3) is 0 Å². The molecule has 8 heteroatoms. The highest BCUT2D eigenvalue weighted by Gasteiger charge is 2.24. The van der Waals surface area contributed by atoms with Crippen LogP contribution >= 0.6 is 0 Å². The molecule has 1 N–H and O–H groups in total. The highest BCUT2D eigenvalue weighted by molar-refractivity contribution is 5.99. The van der Waals surface area contributed by atoms with Crippen molar-refractivity contribution >= 4 is 29.2 Å². The third-order valence-electron chi connectivity index (χ3n) is 6.14. The van der Waals surface area contributed by atoms with Crippen LogP contribution in [0.4, 0.5) is 11.4 Å². The average molecular weight is 488 g/mol. The Kier molecular flexibility index (Phi) is 7.85. The van der Waals surface area contributed by atoms with Gasteiger partial charge in [-0.15, -0.1) is 0 Å². The van der Waals surface area contributed by atoms with E-state index in [2.05, 4.69) is 10.2 Å². The average Bonchev–Trinajstić information content (AvgIpc) is 2.93. The Morgan fingerprint density at radius 2 is 1.53 bits per heavy atom. The number of nitrogens with one attached hydrogen (secondary N) is 1. The molecule has 0 bridgehead atoms. The Bertz CT molecular complexity index is 1220. The number of amides is 2. The van der Waals surface area contributed by atoms with E-state index in [1.807, 2.05) is 65.6 Å². The zero-order chi connectivity index (χ0) is 25.5. The van der Waals surface area contributed by atoms with Gasteiger partial charge in [-0.25, -0.2) is 4.79 Å². The van der Waals surface area contributed by atoms with Gasteiger partial charge in [-0.3, -0.25) is 9.59 Å². The molecule has 3 aromatic rings. The smallest absolute Gasteiger partial charge is 0.337 e. The Morgan fingerprint density at radius 3 is 2.17 bits per heavy atom. The van der Waals surface area contributed by atoms with Gasteiger partial charge in [0.15, 0.2) is 0 Å². The molecule has 8 nitrogen and oxygen atoms in total. The fourth-order valence-corrected chi connectivity index (χ4v) is 4.19. The standard InChI is InChI=1S/C28H29N3O5/c1-35-23-11-8-20(9-12-23)18-26(32)29-24-19-22(28(34)36-2)10-13-25(24)30-14-16-31(17-15-30)27(33)21-6-4-3-5-7-21/h3-13,19H,14-18H2,1-2H3,(H,29,32). The monoisotopic (exact) mass is 487 g/mol. The molecule has 0 unspecified atom stereocenters. The minimum atomic E-state index is -0.481. The van der Waals surface area contributed by atoms with E-state index in [-0.39, 0.29) is 18.2 Å². The molecule has 1 aliphatic heterocycles. The van der Waals surface area contributed by atoms with Crippen LogP contribution < -0.4 is 15.0 Å². The van der Waals surface area contributed by atoms with Crippen molar-refractivity contribution in [2.75, 3.05) is 50.6 Å². The summed E-state index contributed by atoms with van der Waals surface area (Å²) < 4.78 is 10.0. The second-order valence-corrected chi connectivity index (χ2v) is 8.44. The van der Waals surface area contributed by atoms with E-state index in [1.165, 1.54) is 7.11 Å². The molecule has 1 fully saturated rings. The predicted octanol–water partition coefficient (Wildman–Crippen LogP) is 3.63. The third kappa shape index (κ3) is 5.83. The molecule has 0 atom stereocenters. The van der Waals surface area contributed by atoms with Crippen LogP contribution in [0.5, 0.6) is 5.75 Å². The normalized spacial score (nSPS) is 13.2. The molecular formula is C28H29N3O5. The van der Waals surface area contributed by atoms with E-state index >= 15 is 0 Å². The lowest BCUT2D eigenvalue weighted by atomic mass is 10.1. The van der Waals surface area contributed by atoms with Gasteiger partial charge in [0, 0.05) is 31.7 Å². The minimum Gasteiger partial charge on any atom is -0.497 e. The van der Waals surface area contributed by atoms with E-state index in [9.17, 15) is 14.4 Å². The highest BCUT2D eigenvalue weighted by atomic mass is 16.5. The molecule has 186 valence electrons. The second kappa shape index (κ2) is 11.4. The van der Waals surface area contributed by atoms with Gasteiger partial charge in [0.25, 0.3) is 5.91 Å². The van der Waals surface area contributed by atoms with Crippen LogP contribution in [0.2, 0.25) is 0 Å². The number of carbonyl (C=O) groups is 3. The van der Waals surface area contributed by atoms with E-state index in [4.69, 9.17) is 9.47 Å². The maximum atomic E-state index is 12.9. The number of benzene rings is 3. The fourth-order valence-electron chi connectivity index (χ4n) is 4.19. The first-order chi connectivity index (χ1) is 17.5. The van der Waals surface area contributed by atoms with Crippen molar-refractivity contribution in [2.45, 2.75) is 6.42 Å². The van der Waals surface area contributed by atoms with E-state index in [0.29, 0.717) is 43.0 Å². The summed E-state index contributed by atoms with van der Waals surface area (Å²) >= 11 is 0. The number of esters is 1. The van der Waals surface area contributed by atoms with Gasteiger partial charge in [0.05, 0.1) is 37.6 Å². The first-order valence-corrected chi connectivity index (χ1v) is 11.7. The zero-order valence-electron chi connectivity index (χ0n) is 20.4. The molecule has 0 radical (unpaired) electrons. The summed E-state index contributed by atoms with van der Waals surface area (Å²) in [6.45, 7) is 2.28. The number of nitrogens with zero attached hydrogens (tertiary/aromatic N) is 2. The van der Waals surface area contributed by atoms with Crippen molar-refractivity contribution in [3.8, 4) is 5.75 Å². The van der Waals surface area contributed by atoms with Gasteiger partial charge < -0.3 is 24.6 Å². The minimum absolute atomic E-state index is 0.00399. The summed E-state index contributed by atoms with van der Waals surface area (Å²) in [4.78, 5) is 41.8. The van der Waals surface area contributed by atoms with Crippen molar-refractivity contribution in [1.82, 2.24) is 4.90 Å². The van der Waals surface area contributed by atoms with Crippen LogP contribution in [0, 0.1) is 0 Å². The third-order valence-corrected chi connectivity index (χ3v) is 6.14. The topological polar surface area (TPSA) is 88.2 Å². The molecule has 0 spiro atoms. The van der Waals surface area contributed by atoms with E-state index < -0.39 is 5.97 Å². The molecule has 1 heterocycles. The predicted molar refractivity (Wildman–Crippen MR) is 138 cm³/mol. The van der Waals surface area contributed by atoms with Gasteiger partial charge >= 0.3 is 5.97 Å². The number of methoxy groups -OCH3 is 2. The lowest BCUT2D eigenvalue weighted by Crippen LogP contribution is -2.49. The van der Waals surface area contributed by atoms with Gasteiger partial charge in [-0.1, -0.05) is 30.3 Å². The summed E-state index contributed by atoms with van der Waals surface area (Å²) in [7, 11) is 2.91. The quantitative estimate of drug-likeness (QED) is 0.512. The molecule has 0 aromatic heterocycles. The van der Waals surface area contributed by atoms with Crippen molar-refractivity contribution in [1.29, 1.82) is 0 Å². The van der Waals surface area contributed by atoms with Gasteiger partial charge in [0.2, 0.25) is 5.91 Å². The Morgan fingerprint density at radius 1 is 0.833 bits per heavy atom. The zero-order valence-corrected chi connectivity index (χ0v) is 20.4. The van der Waals surface area contributed by atoms with Crippen LogP contribution in [-0.2, 0) is 16.0 Å². The maximum Gasteiger partial charge on any atom is 0.337 e. The van der Waals surface area contributed by atoms with E-state index in [0.717, 1.165) is 17.0 Å². The Balaban J connectivity index is 1.49. The van der Waals surface area contributed by atoms with Crippen LogP contribution in [0.15, 0.2) is 72.8 Å². The second-order valence-electron chi connectivity index (χ2n) is 8.44. The van der Waals surface area contributed by atoms with Crippen molar-refractivity contribution < 1.29 is 23.9 Å². The first kappa shape index (κ1) is 24.8. The summed E-state index contributed by atoms with van der Waals surface area (Å²) in [6, 6.07) is 21.6. The number of rotatable bonds is 7. The molecule has 36 heavy (non-hydrogen) atoms. The van der Waals surface area contributed by atoms with Gasteiger partial charge in [-0.05, 0) is 48.0 Å². The summed E-state index contributed by atoms with van der Waals surface area (Å²) in [5, 5.41) is 2.96. The SMILES string of the molecule is COC(=O)c1ccc(N2CCN(C(=O)c3ccccc3)CC2)c(NC(=O)Cc2ccc(OC)cc2)c1. The lowest BCUT2D eigenvalue weighted by Gasteiger charge is -2.37. The largest absolute Gasteiger partial charge is 0.497 e. The number of hydrogen-bond acceptors (Lipinski definition) is 6. The summed E-state index contributed by atoms with van der Waals surface area (Å²) in [5.74, 6) is 0.0354. The summed E-state index contributed by atoms with van der Waals surface area (Å²) in [5.41, 5.74) is 3.17. The lowest BCUT2D eigenvalue weighted by molar-refractivity contribution is -0.115. The Labute approximate surface area is 210 Å². The highest BCUT2D eigenvalue weighted by Crippen LogP contribution is 2.29. The van der Waals surface area contributed by atoms with Crippen LogP contribution in [0.3, 0.4) is 0 Å². The molecule has 1 aliphatic rings. The first-order valence-electron chi connectivity index (χ1n) is 11.7.